The molecule has 0 aliphatic heterocycles. The van der Waals surface area contributed by atoms with Crippen LogP contribution in [0.5, 0.6) is 0 Å². The van der Waals surface area contributed by atoms with Gasteiger partial charge < -0.3 is 14.8 Å². The van der Waals surface area contributed by atoms with Crippen LogP contribution in [0, 0.1) is 5.41 Å². The molecule has 110 valence electrons. The number of carboxylic acids is 1. The number of rotatable bonds is 3. The van der Waals surface area contributed by atoms with Crippen molar-refractivity contribution >= 4 is 17.6 Å². The minimum Gasteiger partial charge on any atom is -0.475 e. The fourth-order valence-electron chi connectivity index (χ4n) is 1.71. The van der Waals surface area contributed by atoms with Gasteiger partial charge in [0.2, 0.25) is 11.7 Å². The van der Waals surface area contributed by atoms with Gasteiger partial charge in [-0.3, -0.25) is 4.79 Å². The Morgan fingerprint density at radius 2 is 1.76 bits per heavy atom. The van der Waals surface area contributed by atoms with Crippen LogP contribution in [0.3, 0.4) is 0 Å². The third kappa shape index (κ3) is 3.31. The lowest BCUT2D eigenvalue weighted by atomic mass is 9.95. The van der Waals surface area contributed by atoms with Gasteiger partial charge in [0.15, 0.2) is 0 Å². The molecular weight excluding hydrogens is 270 g/mol. The van der Waals surface area contributed by atoms with E-state index in [9.17, 15) is 9.59 Å². The van der Waals surface area contributed by atoms with E-state index in [1.807, 2.05) is 20.8 Å². The molecule has 0 unspecified atom stereocenters. The highest BCUT2D eigenvalue weighted by Crippen LogP contribution is 2.30. The molecule has 2 N–H and O–H groups in total. The Morgan fingerprint density at radius 3 is 2.33 bits per heavy atom. The number of aromatic carboxylic acids is 1. The lowest BCUT2D eigenvalue weighted by Crippen LogP contribution is -2.27. The summed E-state index contributed by atoms with van der Waals surface area (Å²) in [7, 11) is 0. The average Bonchev–Trinajstić information content (AvgIpc) is 2.88. The van der Waals surface area contributed by atoms with E-state index in [0.29, 0.717) is 17.0 Å². The van der Waals surface area contributed by atoms with Crippen LogP contribution in [0.15, 0.2) is 40.8 Å². The van der Waals surface area contributed by atoms with Crippen molar-refractivity contribution in [1.82, 2.24) is 0 Å². The van der Waals surface area contributed by atoms with Crippen LogP contribution in [0.25, 0.3) is 11.3 Å². The zero-order chi connectivity index (χ0) is 15.6. The van der Waals surface area contributed by atoms with Crippen molar-refractivity contribution < 1.29 is 19.1 Å². The quantitative estimate of drug-likeness (QED) is 0.903. The fourth-order valence-corrected chi connectivity index (χ4v) is 1.71. The molecular formula is C16H17NO4. The summed E-state index contributed by atoms with van der Waals surface area (Å²) in [5.41, 5.74) is 0.703. The van der Waals surface area contributed by atoms with Gasteiger partial charge in [-0.05, 0) is 24.3 Å². The summed E-state index contributed by atoms with van der Waals surface area (Å²) in [6, 6.07) is 10.1. The Morgan fingerprint density at radius 1 is 1.10 bits per heavy atom. The second-order valence-electron chi connectivity index (χ2n) is 5.72. The van der Waals surface area contributed by atoms with Gasteiger partial charge >= 0.3 is 5.97 Å². The van der Waals surface area contributed by atoms with Gasteiger partial charge in [-0.1, -0.05) is 32.9 Å². The third-order valence-corrected chi connectivity index (χ3v) is 2.94. The Bertz CT molecular complexity index is 680. The van der Waals surface area contributed by atoms with Crippen molar-refractivity contribution in [1.29, 1.82) is 0 Å². The minimum absolute atomic E-state index is 0.125. The lowest BCUT2D eigenvalue weighted by molar-refractivity contribution is -0.123. The Hall–Kier alpha value is -2.56. The largest absolute Gasteiger partial charge is 0.475 e. The van der Waals surface area contributed by atoms with E-state index < -0.39 is 11.4 Å². The number of carboxylic acid groups (broad SMARTS) is 1. The number of carbonyl (C=O) groups is 2. The maximum Gasteiger partial charge on any atom is 0.371 e. The zero-order valence-electron chi connectivity index (χ0n) is 12.1. The lowest BCUT2D eigenvalue weighted by Gasteiger charge is -2.18. The molecule has 0 fully saturated rings. The first-order valence-electron chi connectivity index (χ1n) is 6.53. The van der Waals surface area contributed by atoms with Crippen LogP contribution in [0.4, 0.5) is 5.69 Å². The number of hydrogen-bond acceptors (Lipinski definition) is 3. The molecule has 2 rings (SSSR count). The van der Waals surface area contributed by atoms with Crippen molar-refractivity contribution in [3.8, 4) is 11.3 Å². The fraction of sp³-hybridized carbons (Fsp3) is 0.250. The van der Waals surface area contributed by atoms with Crippen LogP contribution in [-0.4, -0.2) is 17.0 Å². The van der Waals surface area contributed by atoms with Gasteiger partial charge in [0.05, 0.1) is 5.69 Å². The molecule has 0 aliphatic carbocycles. The SMILES string of the molecule is CC(C)(C)C(=O)Nc1ccccc1-c1ccc(C(=O)O)o1. The smallest absolute Gasteiger partial charge is 0.371 e. The molecule has 5 nitrogen and oxygen atoms in total. The summed E-state index contributed by atoms with van der Waals surface area (Å²) < 4.78 is 5.29. The summed E-state index contributed by atoms with van der Waals surface area (Å²) in [6.07, 6.45) is 0. The molecule has 5 heteroatoms. The normalized spacial score (nSPS) is 11.2. The first kappa shape index (κ1) is 14.8. The molecule has 1 heterocycles. The summed E-state index contributed by atoms with van der Waals surface area (Å²) in [5.74, 6) is -0.989. The summed E-state index contributed by atoms with van der Waals surface area (Å²) >= 11 is 0. The number of nitrogens with one attached hydrogen (secondary N) is 1. The predicted molar refractivity (Wildman–Crippen MR) is 79.2 cm³/mol. The molecule has 1 aromatic heterocycles. The predicted octanol–water partition coefficient (Wildman–Crippen LogP) is 3.63. The van der Waals surface area contributed by atoms with Crippen molar-refractivity contribution in [3.05, 3.63) is 42.2 Å². The van der Waals surface area contributed by atoms with Gasteiger partial charge in [0, 0.05) is 11.0 Å². The van der Waals surface area contributed by atoms with Gasteiger partial charge in [-0.2, -0.15) is 0 Å². The Labute approximate surface area is 122 Å². The van der Waals surface area contributed by atoms with E-state index >= 15 is 0 Å². The van der Waals surface area contributed by atoms with Crippen LogP contribution in [0.1, 0.15) is 31.3 Å². The highest BCUT2D eigenvalue weighted by atomic mass is 16.4. The first-order valence-corrected chi connectivity index (χ1v) is 6.53. The van der Waals surface area contributed by atoms with Crippen LogP contribution in [0.2, 0.25) is 0 Å². The first-order chi connectivity index (χ1) is 9.79. The number of benzene rings is 1. The molecule has 21 heavy (non-hydrogen) atoms. The number of para-hydroxylation sites is 1. The number of anilines is 1. The Balaban J connectivity index is 2.36. The monoisotopic (exact) mass is 287 g/mol. The number of furan rings is 1. The highest BCUT2D eigenvalue weighted by Gasteiger charge is 2.22. The summed E-state index contributed by atoms with van der Waals surface area (Å²) in [6.45, 7) is 5.46. The number of carbonyl (C=O) groups excluding carboxylic acids is 1. The second kappa shape index (κ2) is 5.44. The number of hydrogen-bond donors (Lipinski definition) is 2. The molecule has 0 aliphatic rings. The molecule has 1 aromatic carbocycles. The van der Waals surface area contributed by atoms with Gasteiger partial charge in [-0.25, -0.2) is 4.79 Å². The van der Waals surface area contributed by atoms with E-state index in [-0.39, 0.29) is 11.7 Å². The van der Waals surface area contributed by atoms with E-state index in [2.05, 4.69) is 5.32 Å². The third-order valence-electron chi connectivity index (χ3n) is 2.94. The molecule has 0 saturated carbocycles. The second-order valence-corrected chi connectivity index (χ2v) is 5.72. The average molecular weight is 287 g/mol. The van der Waals surface area contributed by atoms with Crippen molar-refractivity contribution in [2.24, 2.45) is 5.41 Å². The molecule has 0 bridgehead atoms. The van der Waals surface area contributed by atoms with Crippen LogP contribution in [-0.2, 0) is 4.79 Å². The molecule has 0 spiro atoms. The standard InChI is InChI=1S/C16H17NO4/c1-16(2,3)15(20)17-11-7-5-4-6-10(11)12-8-9-13(21-12)14(18)19/h4-9H,1-3H3,(H,17,20)(H,18,19). The van der Waals surface area contributed by atoms with Gasteiger partial charge in [0.1, 0.15) is 5.76 Å². The topological polar surface area (TPSA) is 79.5 Å². The van der Waals surface area contributed by atoms with Gasteiger partial charge in [0.25, 0.3) is 0 Å². The molecule has 0 atom stereocenters. The van der Waals surface area contributed by atoms with E-state index in [0.717, 1.165) is 0 Å². The van der Waals surface area contributed by atoms with Crippen molar-refractivity contribution in [3.63, 3.8) is 0 Å². The summed E-state index contributed by atoms with van der Waals surface area (Å²) in [5, 5.41) is 11.7. The maximum atomic E-state index is 12.1. The molecule has 1 amide bonds. The van der Waals surface area contributed by atoms with Crippen LogP contribution < -0.4 is 5.32 Å². The van der Waals surface area contributed by atoms with Crippen molar-refractivity contribution in [2.45, 2.75) is 20.8 Å². The van der Waals surface area contributed by atoms with Crippen LogP contribution >= 0.6 is 0 Å². The number of amides is 1. The molecule has 0 saturated heterocycles. The minimum atomic E-state index is -1.13. The Kier molecular flexibility index (Phi) is 3.84. The van der Waals surface area contributed by atoms with E-state index in [4.69, 9.17) is 9.52 Å². The molecule has 2 aromatic rings. The van der Waals surface area contributed by atoms with E-state index in [1.54, 1.807) is 30.3 Å². The summed E-state index contributed by atoms with van der Waals surface area (Å²) in [4.78, 5) is 23.0. The van der Waals surface area contributed by atoms with Gasteiger partial charge in [-0.15, -0.1) is 0 Å². The maximum absolute atomic E-state index is 12.1. The molecule has 0 radical (unpaired) electrons. The van der Waals surface area contributed by atoms with Crippen molar-refractivity contribution in [2.75, 3.05) is 5.32 Å². The zero-order valence-corrected chi connectivity index (χ0v) is 12.1. The highest BCUT2D eigenvalue weighted by molar-refractivity contribution is 5.98. The van der Waals surface area contributed by atoms with E-state index in [1.165, 1.54) is 6.07 Å².